The largest absolute Gasteiger partial charge is 0.382 e. The third-order valence-electron chi connectivity index (χ3n) is 3.86. The number of rotatable bonds is 6. The Morgan fingerprint density at radius 1 is 1.23 bits per heavy atom. The molecule has 1 fully saturated rings. The summed E-state index contributed by atoms with van der Waals surface area (Å²) in [5.74, 6) is -1.83. The van der Waals surface area contributed by atoms with E-state index in [-0.39, 0.29) is 0 Å². The average Bonchev–Trinajstić information content (AvgIpc) is 2.52. The van der Waals surface area contributed by atoms with Crippen molar-refractivity contribution in [2.45, 2.75) is 12.8 Å². The summed E-state index contributed by atoms with van der Waals surface area (Å²) >= 11 is 0. The van der Waals surface area contributed by atoms with Crippen LogP contribution in [-0.2, 0) is 9.47 Å². The lowest BCUT2D eigenvalue weighted by atomic mass is 9.97. The first-order valence-electron chi connectivity index (χ1n) is 7.43. The van der Waals surface area contributed by atoms with Crippen molar-refractivity contribution in [3.8, 4) is 0 Å². The number of piperidine rings is 1. The highest BCUT2D eigenvalue weighted by Crippen LogP contribution is 2.21. The van der Waals surface area contributed by atoms with Crippen molar-refractivity contribution in [3.05, 3.63) is 35.4 Å². The minimum atomic E-state index is -0.810. The quantitative estimate of drug-likeness (QED) is 0.757. The Morgan fingerprint density at radius 3 is 2.45 bits per heavy atom. The number of methoxy groups -OCH3 is 1. The monoisotopic (exact) mass is 313 g/mol. The molecule has 0 unspecified atom stereocenters. The number of carbonyl (C=O) groups is 1. The molecule has 0 atom stereocenters. The van der Waals surface area contributed by atoms with Gasteiger partial charge in [0.1, 0.15) is 17.2 Å². The van der Waals surface area contributed by atoms with E-state index >= 15 is 0 Å². The molecule has 0 spiro atoms. The molecule has 1 amide bonds. The third kappa shape index (κ3) is 4.24. The van der Waals surface area contributed by atoms with Gasteiger partial charge in [-0.3, -0.25) is 4.79 Å². The molecule has 0 saturated carbocycles. The van der Waals surface area contributed by atoms with Gasteiger partial charge < -0.3 is 14.4 Å². The fraction of sp³-hybridized carbons (Fsp3) is 0.562. The summed E-state index contributed by atoms with van der Waals surface area (Å²) in [5, 5.41) is 0. The maximum absolute atomic E-state index is 13.7. The fourth-order valence-electron chi connectivity index (χ4n) is 2.56. The van der Waals surface area contributed by atoms with Gasteiger partial charge in [-0.05, 0) is 30.9 Å². The smallest absolute Gasteiger partial charge is 0.259 e. The van der Waals surface area contributed by atoms with Gasteiger partial charge in [0, 0.05) is 26.8 Å². The lowest BCUT2D eigenvalue weighted by Crippen LogP contribution is -2.40. The third-order valence-corrected chi connectivity index (χ3v) is 3.86. The highest BCUT2D eigenvalue weighted by Gasteiger charge is 2.27. The first kappa shape index (κ1) is 16.8. The second-order valence-electron chi connectivity index (χ2n) is 5.40. The molecule has 1 aliphatic heterocycles. The number of ether oxygens (including phenoxy) is 2. The molecular weight excluding hydrogens is 292 g/mol. The van der Waals surface area contributed by atoms with E-state index in [2.05, 4.69) is 0 Å². The van der Waals surface area contributed by atoms with Crippen molar-refractivity contribution in [1.82, 2.24) is 4.90 Å². The number of hydrogen-bond donors (Lipinski definition) is 0. The summed E-state index contributed by atoms with van der Waals surface area (Å²) in [6.45, 7) is 2.72. The summed E-state index contributed by atoms with van der Waals surface area (Å²) in [4.78, 5) is 13.8. The summed E-state index contributed by atoms with van der Waals surface area (Å²) in [6, 6.07) is 3.46. The van der Waals surface area contributed by atoms with Gasteiger partial charge in [-0.15, -0.1) is 0 Å². The molecule has 0 radical (unpaired) electrons. The Morgan fingerprint density at radius 2 is 1.86 bits per heavy atom. The van der Waals surface area contributed by atoms with Crippen molar-refractivity contribution < 1.29 is 23.0 Å². The summed E-state index contributed by atoms with van der Waals surface area (Å²) in [7, 11) is 1.62. The SMILES string of the molecule is COCCOCC1CCN(C(=O)c2c(F)cccc2F)CC1. The van der Waals surface area contributed by atoms with Crippen LogP contribution in [0.4, 0.5) is 8.78 Å². The molecule has 1 heterocycles. The molecule has 0 N–H and O–H groups in total. The molecule has 0 bridgehead atoms. The van der Waals surface area contributed by atoms with Crippen molar-refractivity contribution in [2.75, 3.05) is 40.0 Å². The second kappa shape index (κ2) is 8.19. The Hall–Kier alpha value is -1.53. The average molecular weight is 313 g/mol. The standard InChI is InChI=1S/C16H21F2NO3/c1-21-9-10-22-11-12-5-7-19(8-6-12)16(20)15-13(17)3-2-4-14(15)18/h2-4,12H,5-11H2,1H3. The van der Waals surface area contributed by atoms with E-state index in [4.69, 9.17) is 9.47 Å². The van der Waals surface area contributed by atoms with Crippen LogP contribution in [-0.4, -0.2) is 50.8 Å². The molecule has 22 heavy (non-hydrogen) atoms. The summed E-state index contributed by atoms with van der Waals surface area (Å²) in [5.41, 5.74) is -0.461. The molecule has 2 rings (SSSR count). The number of nitrogens with zero attached hydrogens (tertiary/aromatic N) is 1. The number of likely N-dealkylation sites (tertiary alicyclic amines) is 1. The van der Waals surface area contributed by atoms with Gasteiger partial charge in [0.05, 0.1) is 13.2 Å². The van der Waals surface area contributed by atoms with Crippen LogP contribution in [0.5, 0.6) is 0 Å². The molecule has 4 nitrogen and oxygen atoms in total. The van der Waals surface area contributed by atoms with E-state index in [0.717, 1.165) is 25.0 Å². The molecular formula is C16H21F2NO3. The Kier molecular flexibility index (Phi) is 6.27. The fourth-order valence-corrected chi connectivity index (χ4v) is 2.56. The van der Waals surface area contributed by atoms with Crippen molar-refractivity contribution in [2.24, 2.45) is 5.92 Å². The van der Waals surface area contributed by atoms with E-state index in [1.165, 1.54) is 11.0 Å². The summed E-state index contributed by atoms with van der Waals surface area (Å²) in [6.07, 6.45) is 1.55. The van der Waals surface area contributed by atoms with E-state index in [9.17, 15) is 13.6 Å². The highest BCUT2D eigenvalue weighted by atomic mass is 19.1. The number of benzene rings is 1. The van der Waals surface area contributed by atoms with Gasteiger partial charge in [0.25, 0.3) is 5.91 Å². The molecule has 6 heteroatoms. The topological polar surface area (TPSA) is 38.8 Å². The van der Waals surface area contributed by atoms with Crippen molar-refractivity contribution >= 4 is 5.91 Å². The van der Waals surface area contributed by atoms with Crippen LogP contribution in [0.3, 0.4) is 0 Å². The van der Waals surface area contributed by atoms with Crippen LogP contribution >= 0.6 is 0 Å². The van der Waals surface area contributed by atoms with Gasteiger partial charge >= 0.3 is 0 Å². The molecule has 1 aliphatic rings. The maximum atomic E-state index is 13.7. The van der Waals surface area contributed by atoms with Gasteiger partial charge in [0.2, 0.25) is 0 Å². The van der Waals surface area contributed by atoms with E-state index in [1.54, 1.807) is 7.11 Å². The molecule has 122 valence electrons. The van der Waals surface area contributed by atoms with Crippen LogP contribution in [0.15, 0.2) is 18.2 Å². The Balaban J connectivity index is 1.85. The minimum Gasteiger partial charge on any atom is -0.382 e. The van der Waals surface area contributed by atoms with E-state index in [1.807, 2.05) is 0 Å². The van der Waals surface area contributed by atoms with Crippen LogP contribution < -0.4 is 0 Å². The van der Waals surface area contributed by atoms with Crippen molar-refractivity contribution in [3.63, 3.8) is 0 Å². The number of carbonyl (C=O) groups excluding carboxylic acids is 1. The predicted octanol–water partition coefficient (Wildman–Crippen LogP) is 2.48. The van der Waals surface area contributed by atoms with Gasteiger partial charge in [-0.1, -0.05) is 6.07 Å². The molecule has 1 aromatic carbocycles. The van der Waals surface area contributed by atoms with Crippen LogP contribution in [0, 0.1) is 17.6 Å². The molecule has 1 saturated heterocycles. The molecule has 0 aromatic heterocycles. The van der Waals surface area contributed by atoms with Crippen LogP contribution in [0.2, 0.25) is 0 Å². The van der Waals surface area contributed by atoms with Gasteiger partial charge in [-0.2, -0.15) is 0 Å². The van der Waals surface area contributed by atoms with E-state index in [0.29, 0.717) is 38.8 Å². The van der Waals surface area contributed by atoms with Gasteiger partial charge in [-0.25, -0.2) is 8.78 Å². The van der Waals surface area contributed by atoms with Crippen LogP contribution in [0.25, 0.3) is 0 Å². The predicted molar refractivity (Wildman–Crippen MR) is 77.7 cm³/mol. The number of amides is 1. The zero-order valence-electron chi connectivity index (χ0n) is 12.7. The normalized spacial score (nSPS) is 16.0. The highest BCUT2D eigenvalue weighted by molar-refractivity contribution is 5.94. The van der Waals surface area contributed by atoms with E-state index < -0.39 is 23.1 Å². The van der Waals surface area contributed by atoms with Crippen molar-refractivity contribution in [1.29, 1.82) is 0 Å². The lowest BCUT2D eigenvalue weighted by Gasteiger charge is -2.32. The molecule has 0 aliphatic carbocycles. The zero-order valence-corrected chi connectivity index (χ0v) is 12.7. The number of halogens is 2. The first-order valence-corrected chi connectivity index (χ1v) is 7.43. The summed E-state index contributed by atoms with van der Waals surface area (Å²) < 4.78 is 37.7. The maximum Gasteiger partial charge on any atom is 0.259 e. The van der Waals surface area contributed by atoms with Crippen LogP contribution in [0.1, 0.15) is 23.2 Å². The zero-order chi connectivity index (χ0) is 15.9. The first-order chi connectivity index (χ1) is 10.6. The second-order valence-corrected chi connectivity index (χ2v) is 5.40. The minimum absolute atomic E-state index is 0.367. The number of hydrogen-bond acceptors (Lipinski definition) is 3. The lowest BCUT2D eigenvalue weighted by molar-refractivity contribution is 0.0325. The Labute approximate surface area is 129 Å². The van der Waals surface area contributed by atoms with Gasteiger partial charge in [0.15, 0.2) is 0 Å². The molecule has 1 aromatic rings. The Bertz CT molecular complexity index is 482.